The SMILES string of the molecule is CC(C)c1ccsc1C(=O)NCCN.Cl. The van der Waals surface area contributed by atoms with Crippen molar-refractivity contribution in [2.75, 3.05) is 13.1 Å². The zero-order valence-corrected chi connectivity index (χ0v) is 10.6. The van der Waals surface area contributed by atoms with E-state index in [1.54, 1.807) is 0 Å². The average molecular weight is 249 g/mol. The van der Waals surface area contributed by atoms with Crippen LogP contribution in [0.4, 0.5) is 0 Å². The molecule has 1 rings (SSSR count). The van der Waals surface area contributed by atoms with Crippen LogP contribution in [0.2, 0.25) is 0 Å². The van der Waals surface area contributed by atoms with Crippen LogP contribution >= 0.6 is 23.7 Å². The lowest BCUT2D eigenvalue weighted by Gasteiger charge is -2.06. The molecule has 86 valence electrons. The molecule has 15 heavy (non-hydrogen) atoms. The van der Waals surface area contributed by atoms with Crippen LogP contribution in [0, 0.1) is 0 Å². The van der Waals surface area contributed by atoms with Crippen molar-refractivity contribution in [3.05, 3.63) is 21.9 Å². The van der Waals surface area contributed by atoms with Crippen molar-refractivity contribution in [2.45, 2.75) is 19.8 Å². The van der Waals surface area contributed by atoms with E-state index < -0.39 is 0 Å². The number of thiophene rings is 1. The summed E-state index contributed by atoms with van der Waals surface area (Å²) in [6.07, 6.45) is 0. The molecule has 1 aromatic heterocycles. The standard InChI is InChI=1S/C10H16N2OS.ClH/c1-7(2)8-3-6-14-9(8)10(13)12-5-4-11;/h3,6-7H,4-5,11H2,1-2H3,(H,12,13);1H. The normalized spacial score (nSPS) is 9.87. The maximum atomic E-state index is 11.6. The lowest BCUT2D eigenvalue weighted by atomic mass is 10.0. The van der Waals surface area contributed by atoms with Gasteiger partial charge in [0.15, 0.2) is 0 Å². The molecule has 0 aliphatic carbocycles. The summed E-state index contributed by atoms with van der Waals surface area (Å²) in [7, 11) is 0. The van der Waals surface area contributed by atoms with Crippen LogP contribution in [0.25, 0.3) is 0 Å². The molecule has 0 saturated heterocycles. The minimum atomic E-state index is -0.00542. The van der Waals surface area contributed by atoms with Crippen LogP contribution in [0.3, 0.4) is 0 Å². The first-order valence-electron chi connectivity index (χ1n) is 4.72. The van der Waals surface area contributed by atoms with Crippen molar-refractivity contribution in [1.29, 1.82) is 0 Å². The second kappa shape index (κ2) is 6.82. The number of carbonyl (C=O) groups is 1. The molecular formula is C10H17ClN2OS. The summed E-state index contributed by atoms with van der Waals surface area (Å²) < 4.78 is 0. The number of nitrogens with one attached hydrogen (secondary N) is 1. The van der Waals surface area contributed by atoms with Crippen molar-refractivity contribution < 1.29 is 4.79 Å². The van der Waals surface area contributed by atoms with Crippen molar-refractivity contribution in [1.82, 2.24) is 5.32 Å². The van der Waals surface area contributed by atoms with Crippen LogP contribution in [-0.2, 0) is 0 Å². The van der Waals surface area contributed by atoms with Gasteiger partial charge in [-0.1, -0.05) is 13.8 Å². The lowest BCUT2D eigenvalue weighted by Crippen LogP contribution is -2.29. The quantitative estimate of drug-likeness (QED) is 0.856. The molecule has 3 nitrogen and oxygen atoms in total. The highest BCUT2D eigenvalue weighted by Gasteiger charge is 2.14. The van der Waals surface area contributed by atoms with E-state index in [2.05, 4.69) is 19.2 Å². The highest BCUT2D eigenvalue weighted by atomic mass is 35.5. The Balaban J connectivity index is 0.00000196. The van der Waals surface area contributed by atoms with Gasteiger partial charge >= 0.3 is 0 Å². The first kappa shape index (κ1) is 14.4. The maximum absolute atomic E-state index is 11.6. The zero-order valence-electron chi connectivity index (χ0n) is 8.95. The summed E-state index contributed by atoms with van der Waals surface area (Å²) in [5.74, 6) is 0.383. The Morgan fingerprint density at radius 1 is 1.60 bits per heavy atom. The van der Waals surface area contributed by atoms with Gasteiger partial charge in [-0.2, -0.15) is 0 Å². The fraction of sp³-hybridized carbons (Fsp3) is 0.500. The number of nitrogens with two attached hydrogens (primary N) is 1. The van der Waals surface area contributed by atoms with Crippen LogP contribution in [0.15, 0.2) is 11.4 Å². The molecule has 1 aromatic rings. The number of halogens is 1. The fourth-order valence-electron chi connectivity index (χ4n) is 1.22. The van der Waals surface area contributed by atoms with Crippen molar-refractivity contribution >= 4 is 29.7 Å². The van der Waals surface area contributed by atoms with Crippen molar-refractivity contribution in [3.63, 3.8) is 0 Å². The van der Waals surface area contributed by atoms with Crippen molar-refractivity contribution in [2.24, 2.45) is 5.73 Å². The molecule has 0 aliphatic rings. The third kappa shape index (κ3) is 3.81. The second-order valence-corrected chi connectivity index (χ2v) is 4.32. The minimum Gasteiger partial charge on any atom is -0.350 e. The van der Waals surface area contributed by atoms with E-state index in [1.807, 2.05) is 11.4 Å². The predicted octanol–water partition coefficient (Wildman–Crippen LogP) is 1.98. The first-order chi connectivity index (χ1) is 6.66. The number of rotatable bonds is 4. The molecule has 1 amide bonds. The van der Waals surface area contributed by atoms with Crippen LogP contribution in [0.5, 0.6) is 0 Å². The molecule has 0 atom stereocenters. The van der Waals surface area contributed by atoms with Gasteiger partial charge in [-0.05, 0) is 22.9 Å². The van der Waals surface area contributed by atoms with Gasteiger partial charge in [0.2, 0.25) is 0 Å². The molecule has 3 N–H and O–H groups in total. The summed E-state index contributed by atoms with van der Waals surface area (Å²) in [5, 5.41) is 4.73. The van der Waals surface area contributed by atoms with Gasteiger partial charge in [0.1, 0.15) is 0 Å². The molecule has 1 heterocycles. The van der Waals surface area contributed by atoms with E-state index in [0.29, 0.717) is 19.0 Å². The highest BCUT2D eigenvalue weighted by molar-refractivity contribution is 7.12. The Bertz CT molecular complexity index is 312. The summed E-state index contributed by atoms with van der Waals surface area (Å²) >= 11 is 1.48. The van der Waals surface area contributed by atoms with E-state index in [4.69, 9.17) is 5.73 Å². The Hall–Kier alpha value is -0.580. The van der Waals surface area contributed by atoms with Gasteiger partial charge in [-0.25, -0.2) is 0 Å². The third-order valence-corrected chi connectivity index (χ3v) is 2.88. The Labute approximate surface area is 100 Å². The minimum absolute atomic E-state index is 0. The van der Waals surface area contributed by atoms with Crippen LogP contribution < -0.4 is 11.1 Å². The molecule has 0 bridgehead atoms. The molecule has 0 spiro atoms. The highest BCUT2D eigenvalue weighted by Crippen LogP contribution is 2.24. The summed E-state index contributed by atoms with van der Waals surface area (Å²) in [6.45, 7) is 5.19. The van der Waals surface area contributed by atoms with Gasteiger partial charge < -0.3 is 11.1 Å². The van der Waals surface area contributed by atoms with Crippen LogP contribution in [-0.4, -0.2) is 19.0 Å². The first-order valence-corrected chi connectivity index (χ1v) is 5.60. The molecule has 5 heteroatoms. The molecule has 0 unspecified atom stereocenters. The Kier molecular flexibility index (Phi) is 6.56. The van der Waals surface area contributed by atoms with Gasteiger partial charge in [-0.3, -0.25) is 4.79 Å². The van der Waals surface area contributed by atoms with Crippen molar-refractivity contribution in [3.8, 4) is 0 Å². The third-order valence-electron chi connectivity index (χ3n) is 1.95. The van der Waals surface area contributed by atoms with E-state index in [0.717, 1.165) is 10.4 Å². The molecular weight excluding hydrogens is 232 g/mol. The predicted molar refractivity (Wildman–Crippen MR) is 67.0 cm³/mol. The van der Waals surface area contributed by atoms with E-state index >= 15 is 0 Å². The second-order valence-electron chi connectivity index (χ2n) is 3.40. The topological polar surface area (TPSA) is 55.1 Å². The molecule has 0 saturated carbocycles. The Morgan fingerprint density at radius 3 is 2.80 bits per heavy atom. The number of hydrogen-bond donors (Lipinski definition) is 2. The van der Waals surface area contributed by atoms with Crippen LogP contribution in [0.1, 0.15) is 35.0 Å². The summed E-state index contributed by atoms with van der Waals surface area (Å²) in [6, 6.07) is 2.01. The summed E-state index contributed by atoms with van der Waals surface area (Å²) in [4.78, 5) is 12.4. The smallest absolute Gasteiger partial charge is 0.261 e. The van der Waals surface area contributed by atoms with Gasteiger partial charge in [0.25, 0.3) is 5.91 Å². The monoisotopic (exact) mass is 248 g/mol. The van der Waals surface area contributed by atoms with E-state index in [9.17, 15) is 4.79 Å². The number of carbonyl (C=O) groups excluding carboxylic acids is 1. The summed E-state index contributed by atoms with van der Waals surface area (Å²) in [5.41, 5.74) is 6.43. The van der Waals surface area contributed by atoms with Gasteiger partial charge in [0, 0.05) is 13.1 Å². The van der Waals surface area contributed by atoms with Gasteiger partial charge in [-0.15, -0.1) is 23.7 Å². The van der Waals surface area contributed by atoms with E-state index in [1.165, 1.54) is 11.3 Å². The van der Waals surface area contributed by atoms with E-state index in [-0.39, 0.29) is 18.3 Å². The number of hydrogen-bond acceptors (Lipinski definition) is 3. The molecule has 0 aromatic carbocycles. The average Bonchev–Trinajstić information content (AvgIpc) is 2.62. The lowest BCUT2D eigenvalue weighted by molar-refractivity contribution is 0.0957. The molecule has 0 radical (unpaired) electrons. The Morgan fingerprint density at radius 2 is 2.27 bits per heavy atom. The fourth-order valence-corrected chi connectivity index (χ4v) is 2.19. The van der Waals surface area contributed by atoms with Gasteiger partial charge in [0.05, 0.1) is 4.88 Å². The zero-order chi connectivity index (χ0) is 10.6. The largest absolute Gasteiger partial charge is 0.350 e. The number of amides is 1. The maximum Gasteiger partial charge on any atom is 0.261 e. The molecule has 0 aliphatic heterocycles. The molecule has 0 fully saturated rings.